The minimum Gasteiger partial charge on any atom is -0.396 e. The van der Waals surface area contributed by atoms with E-state index in [1.54, 1.807) is 12.1 Å². The lowest BCUT2D eigenvalue weighted by atomic mass is 10.1. The predicted molar refractivity (Wildman–Crippen MR) is 41.2 cm³/mol. The first kappa shape index (κ1) is 7.88. The highest BCUT2D eigenvalue weighted by atomic mass is 16.3. The molecule has 0 fully saturated rings. The number of rotatable bonds is 3. The van der Waals surface area contributed by atoms with Gasteiger partial charge in [-0.1, -0.05) is 18.2 Å². The number of para-hydroxylation sites is 1. The number of hydrogen-bond donors (Lipinski definition) is 2. The van der Waals surface area contributed by atoms with Crippen molar-refractivity contribution < 1.29 is 10.3 Å². The molecule has 3 nitrogen and oxygen atoms in total. The van der Waals surface area contributed by atoms with Crippen molar-refractivity contribution in [2.24, 2.45) is 0 Å². The van der Waals surface area contributed by atoms with E-state index in [9.17, 15) is 4.91 Å². The van der Waals surface area contributed by atoms with Crippen molar-refractivity contribution in [3.8, 4) is 0 Å². The van der Waals surface area contributed by atoms with Crippen molar-refractivity contribution in [3.05, 3.63) is 34.7 Å². The maximum atomic E-state index is 10.3. The van der Waals surface area contributed by atoms with Gasteiger partial charge in [-0.25, -0.2) is 0 Å². The van der Waals surface area contributed by atoms with E-state index in [0.29, 0.717) is 12.1 Å². The van der Waals surface area contributed by atoms with Crippen LogP contribution in [0.25, 0.3) is 0 Å². The van der Waals surface area contributed by atoms with Crippen LogP contribution in [0.4, 0.5) is 5.69 Å². The molecule has 0 atom stereocenters. The lowest BCUT2D eigenvalue weighted by molar-refractivity contribution is -0.380. The number of benzene rings is 1. The lowest BCUT2D eigenvalue weighted by Crippen LogP contribution is -2.56. The molecule has 1 aromatic carbocycles. The Balaban J connectivity index is 2.92. The number of aliphatic hydroxyl groups excluding tert-OH is 1. The first-order chi connectivity index (χ1) is 5.38. The Morgan fingerprint density at radius 3 is 2.73 bits per heavy atom. The van der Waals surface area contributed by atoms with Crippen molar-refractivity contribution in [2.75, 3.05) is 6.61 Å². The van der Waals surface area contributed by atoms with Crippen LogP contribution in [-0.4, -0.2) is 11.7 Å². The Labute approximate surface area is 64.7 Å². The van der Waals surface area contributed by atoms with E-state index in [0.717, 1.165) is 5.56 Å². The van der Waals surface area contributed by atoms with Crippen LogP contribution in [0.1, 0.15) is 5.56 Å². The fourth-order valence-electron chi connectivity index (χ4n) is 0.958. The molecule has 0 heterocycles. The van der Waals surface area contributed by atoms with Gasteiger partial charge in [0, 0.05) is 34.7 Å². The van der Waals surface area contributed by atoms with Gasteiger partial charge in [0.2, 0.25) is 0 Å². The summed E-state index contributed by atoms with van der Waals surface area (Å²) >= 11 is 0. The smallest absolute Gasteiger partial charge is 0.256 e. The third-order valence-corrected chi connectivity index (χ3v) is 1.51. The number of hydrogen-bond acceptors (Lipinski definition) is 2. The van der Waals surface area contributed by atoms with Gasteiger partial charge in [0.1, 0.15) is 0 Å². The van der Waals surface area contributed by atoms with Gasteiger partial charge in [0.05, 0.1) is 0 Å². The Kier molecular flexibility index (Phi) is 2.74. The van der Waals surface area contributed by atoms with Crippen LogP contribution >= 0.6 is 0 Å². The number of nitroso groups, excluding NO2 is 1. The molecule has 0 saturated heterocycles. The Morgan fingerprint density at radius 1 is 1.36 bits per heavy atom. The standard InChI is InChI=1S/C8H9NO2/c10-6-5-7-3-1-2-4-8(7)9-11/h1-4,10H,5-6H2/p+1. The zero-order valence-electron chi connectivity index (χ0n) is 6.08. The topological polar surface area (TPSA) is 51.3 Å². The summed E-state index contributed by atoms with van der Waals surface area (Å²) < 4.78 is 0. The zero-order chi connectivity index (χ0) is 8.10. The summed E-state index contributed by atoms with van der Waals surface area (Å²) in [4.78, 5) is 10.3. The predicted octanol–water partition coefficient (Wildman–Crippen LogP) is -0.300. The van der Waals surface area contributed by atoms with E-state index in [-0.39, 0.29) is 6.61 Å². The third-order valence-electron chi connectivity index (χ3n) is 1.51. The van der Waals surface area contributed by atoms with Crippen LogP contribution in [0.5, 0.6) is 0 Å². The molecular formula is C8H10NO2+. The largest absolute Gasteiger partial charge is 0.396 e. The van der Waals surface area contributed by atoms with E-state index in [1.165, 1.54) is 0 Å². The highest BCUT2D eigenvalue weighted by Crippen LogP contribution is 2.08. The SMILES string of the molecule is O=[NH+]c1ccccc1CCO. The molecule has 1 rings (SSSR count). The maximum absolute atomic E-state index is 10.3. The highest BCUT2D eigenvalue weighted by Gasteiger charge is 2.04. The van der Waals surface area contributed by atoms with E-state index in [1.807, 2.05) is 17.3 Å². The fourth-order valence-corrected chi connectivity index (χ4v) is 0.958. The Morgan fingerprint density at radius 2 is 2.09 bits per heavy atom. The van der Waals surface area contributed by atoms with Crippen LogP contribution < -0.4 is 5.18 Å². The molecule has 0 unspecified atom stereocenters. The molecule has 11 heavy (non-hydrogen) atoms. The Hall–Kier alpha value is -1.22. The molecule has 2 N–H and O–H groups in total. The second-order valence-corrected chi connectivity index (χ2v) is 2.23. The molecule has 0 radical (unpaired) electrons. The van der Waals surface area contributed by atoms with Crippen molar-refractivity contribution in [1.29, 1.82) is 0 Å². The van der Waals surface area contributed by atoms with Crippen molar-refractivity contribution in [3.63, 3.8) is 0 Å². The van der Waals surface area contributed by atoms with Crippen molar-refractivity contribution in [2.45, 2.75) is 6.42 Å². The van der Waals surface area contributed by atoms with E-state index in [2.05, 4.69) is 0 Å². The molecular weight excluding hydrogens is 142 g/mol. The molecule has 0 bridgehead atoms. The van der Waals surface area contributed by atoms with Crippen molar-refractivity contribution >= 4 is 5.69 Å². The summed E-state index contributed by atoms with van der Waals surface area (Å²) in [5.41, 5.74) is 1.39. The molecule has 0 amide bonds. The molecule has 1 aromatic rings. The summed E-state index contributed by atoms with van der Waals surface area (Å²) in [5.74, 6) is 0. The summed E-state index contributed by atoms with van der Waals surface area (Å²) in [7, 11) is 0. The maximum Gasteiger partial charge on any atom is 0.256 e. The lowest BCUT2D eigenvalue weighted by Gasteiger charge is -1.94. The highest BCUT2D eigenvalue weighted by molar-refractivity contribution is 5.38. The Bertz CT molecular complexity index is 248. The molecule has 0 aliphatic carbocycles. The zero-order valence-corrected chi connectivity index (χ0v) is 6.08. The van der Waals surface area contributed by atoms with Gasteiger partial charge in [0.25, 0.3) is 5.69 Å². The van der Waals surface area contributed by atoms with Crippen molar-refractivity contribution in [1.82, 2.24) is 0 Å². The first-order valence-corrected chi connectivity index (χ1v) is 3.45. The molecule has 0 aromatic heterocycles. The first-order valence-electron chi connectivity index (χ1n) is 3.45. The van der Waals surface area contributed by atoms with Crippen LogP contribution in [0.15, 0.2) is 24.3 Å². The fraction of sp³-hybridized carbons (Fsp3) is 0.250. The normalized spacial score (nSPS) is 9.55. The van der Waals surface area contributed by atoms with E-state index >= 15 is 0 Å². The summed E-state index contributed by atoms with van der Waals surface area (Å²) in [6.07, 6.45) is 0.519. The molecule has 0 saturated carbocycles. The van der Waals surface area contributed by atoms with Crippen LogP contribution in [0.2, 0.25) is 0 Å². The molecule has 58 valence electrons. The second kappa shape index (κ2) is 3.83. The van der Waals surface area contributed by atoms with Gasteiger partial charge in [-0.3, -0.25) is 0 Å². The quantitative estimate of drug-likeness (QED) is 0.624. The van der Waals surface area contributed by atoms with Crippen LogP contribution in [-0.2, 0) is 6.42 Å². The third kappa shape index (κ3) is 1.85. The van der Waals surface area contributed by atoms with Gasteiger partial charge in [-0.2, -0.15) is 0 Å². The van der Waals surface area contributed by atoms with E-state index < -0.39 is 0 Å². The van der Waals surface area contributed by atoms with Gasteiger partial charge >= 0.3 is 0 Å². The second-order valence-electron chi connectivity index (χ2n) is 2.23. The molecule has 0 aliphatic heterocycles. The average molecular weight is 152 g/mol. The molecule has 3 heteroatoms. The number of aliphatic hydroxyl groups is 1. The van der Waals surface area contributed by atoms with Gasteiger partial charge in [-0.05, 0) is 0 Å². The minimum absolute atomic E-state index is 0.0681. The summed E-state index contributed by atoms with van der Waals surface area (Å²) in [6.45, 7) is 0.0681. The van der Waals surface area contributed by atoms with Crippen LogP contribution in [0, 0.1) is 4.91 Å². The van der Waals surface area contributed by atoms with Gasteiger partial charge in [-0.15, -0.1) is 0 Å². The van der Waals surface area contributed by atoms with Gasteiger partial charge < -0.3 is 5.11 Å². The number of nitrogens with one attached hydrogen (secondary N) is 1. The van der Waals surface area contributed by atoms with Gasteiger partial charge in [0.15, 0.2) is 0 Å². The average Bonchev–Trinajstić information content (AvgIpc) is 2.06. The monoisotopic (exact) mass is 152 g/mol. The summed E-state index contributed by atoms with van der Waals surface area (Å²) in [5, 5.41) is 10.4. The van der Waals surface area contributed by atoms with Crippen LogP contribution in [0.3, 0.4) is 0 Å². The summed E-state index contributed by atoms with van der Waals surface area (Å²) in [6, 6.07) is 7.13. The minimum atomic E-state index is 0.0681. The molecule has 0 spiro atoms. The molecule has 0 aliphatic rings. The van der Waals surface area contributed by atoms with E-state index in [4.69, 9.17) is 5.11 Å².